The second-order valence-corrected chi connectivity index (χ2v) is 7.10. The molecule has 0 spiro atoms. The molecule has 0 fully saturated rings. The van der Waals surface area contributed by atoms with Gasteiger partial charge in [0.25, 0.3) is 5.91 Å². The van der Waals surface area contributed by atoms with Crippen molar-refractivity contribution in [1.82, 2.24) is 5.16 Å². The SMILES string of the molecule is COc1cccc(-c2cc(C(=O)Nc3ccc4c(c3)C(C)(C)C(=O)N4)no2)c1. The van der Waals surface area contributed by atoms with Crippen molar-refractivity contribution >= 4 is 23.2 Å². The predicted molar refractivity (Wildman–Crippen MR) is 105 cm³/mol. The van der Waals surface area contributed by atoms with E-state index in [1.807, 2.05) is 32.0 Å². The molecule has 0 aliphatic carbocycles. The minimum atomic E-state index is -0.649. The van der Waals surface area contributed by atoms with Gasteiger partial charge < -0.3 is 19.9 Å². The van der Waals surface area contributed by atoms with E-state index in [2.05, 4.69) is 15.8 Å². The maximum Gasteiger partial charge on any atom is 0.277 e. The van der Waals surface area contributed by atoms with E-state index >= 15 is 0 Å². The van der Waals surface area contributed by atoms with Crippen molar-refractivity contribution in [2.75, 3.05) is 17.7 Å². The molecule has 2 heterocycles. The Morgan fingerprint density at radius 1 is 1.18 bits per heavy atom. The molecule has 0 radical (unpaired) electrons. The van der Waals surface area contributed by atoms with Crippen LogP contribution in [0.4, 0.5) is 11.4 Å². The van der Waals surface area contributed by atoms with E-state index in [1.54, 1.807) is 37.4 Å². The van der Waals surface area contributed by atoms with Gasteiger partial charge in [-0.25, -0.2) is 0 Å². The highest BCUT2D eigenvalue weighted by Crippen LogP contribution is 2.38. The molecule has 2 N–H and O–H groups in total. The van der Waals surface area contributed by atoms with E-state index in [0.29, 0.717) is 17.2 Å². The first kappa shape index (κ1) is 17.8. The van der Waals surface area contributed by atoms with Gasteiger partial charge in [0.1, 0.15) is 5.75 Å². The number of carbonyl (C=O) groups is 2. The summed E-state index contributed by atoms with van der Waals surface area (Å²) < 4.78 is 10.5. The zero-order valence-electron chi connectivity index (χ0n) is 15.7. The number of benzene rings is 2. The first-order valence-electron chi connectivity index (χ1n) is 8.77. The van der Waals surface area contributed by atoms with Gasteiger partial charge in [-0.15, -0.1) is 0 Å². The van der Waals surface area contributed by atoms with E-state index in [9.17, 15) is 9.59 Å². The van der Waals surface area contributed by atoms with Gasteiger partial charge in [-0.3, -0.25) is 9.59 Å². The molecule has 28 heavy (non-hydrogen) atoms. The topological polar surface area (TPSA) is 93.5 Å². The van der Waals surface area contributed by atoms with E-state index in [0.717, 1.165) is 16.8 Å². The number of nitrogens with zero attached hydrogens (tertiary/aromatic N) is 1. The van der Waals surface area contributed by atoms with Crippen LogP contribution in [0.1, 0.15) is 29.9 Å². The van der Waals surface area contributed by atoms with Crippen LogP contribution in [0.15, 0.2) is 53.1 Å². The molecule has 3 aromatic rings. The average Bonchev–Trinajstić information content (AvgIpc) is 3.26. The maximum atomic E-state index is 12.6. The van der Waals surface area contributed by atoms with E-state index in [4.69, 9.17) is 9.26 Å². The molecule has 7 nitrogen and oxygen atoms in total. The number of nitrogens with one attached hydrogen (secondary N) is 2. The quantitative estimate of drug-likeness (QED) is 0.721. The third-order valence-corrected chi connectivity index (χ3v) is 4.86. The van der Waals surface area contributed by atoms with Gasteiger partial charge in [0, 0.05) is 23.0 Å². The molecule has 1 aliphatic heterocycles. The summed E-state index contributed by atoms with van der Waals surface area (Å²) in [6.07, 6.45) is 0. The van der Waals surface area contributed by atoms with E-state index in [-0.39, 0.29) is 11.6 Å². The lowest BCUT2D eigenvalue weighted by Crippen LogP contribution is -2.26. The van der Waals surface area contributed by atoms with Crippen LogP contribution < -0.4 is 15.4 Å². The van der Waals surface area contributed by atoms with Crippen LogP contribution in [-0.2, 0) is 10.2 Å². The summed E-state index contributed by atoms with van der Waals surface area (Å²) in [5.41, 5.74) is 2.45. The van der Waals surface area contributed by atoms with Crippen LogP contribution >= 0.6 is 0 Å². The number of rotatable bonds is 4. The molecule has 7 heteroatoms. The monoisotopic (exact) mass is 377 g/mol. The lowest BCUT2D eigenvalue weighted by atomic mass is 9.86. The average molecular weight is 377 g/mol. The van der Waals surface area contributed by atoms with Gasteiger partial charge in [0.15, 0.2) is 11.5 Å². The lowest BCUT2D eigenvalue weighted by molar-refractivity contribution is -0.119. The van der Waals surface area contributed by atoms with Gasteiger partial charge in [0.05, 0.1) is 12.5 Å². The summed E-state index contributed by atoms with van der Waals surface area (Å²) in [6, 6.07) is 14.2. The summed E-state index contributed by atoms with van der Waals surface area (Å²) in [7, 11) is 1.58. The number of hydrogen-bond acceptors (Lipinski definition) is 5. The zero-order valence-corrected chi connectivity index (χ0v) is 15.7. The van der Waals surface area contributed by atoms with Gasteiger partial charge in [-0.1, -0.05) is 17.3 Å². The fourth-order valence-electron chi connectivity index (χ4n) is 3.14. The minimum Gasteiger partial charge on any atom is -0.497 e. The van der Waals surface area contributed by atoms with Crippen molar-refractivity contribution < 1.29 is 18.8 Å². The number of hydrogen-bond donors (Lipinski definition) is 2. The smallest absolute Gasteiger partial charge is 0.277 e. The molecule has 0 saturated heterocycles. The first-order chi connectivity index (χ1) is 13.4. The van der Waals surface area contributed by atoms with Crippen molar-refractivity contribution in [3.05, 3.63) is 59.8 Å². The Labute approximate surface area is 161 Å². The Hall–Kier alpha value is -3.61. The molecular formula is C21H19N3O4. The van der Waals surface area contributed by atoms with Crippen LogP contribution in [0.3, 0.4) is 0 Å². The molecule has 0 unspecified atom stereocenters. The van der Waals surface area contributed by atoms with Crippen LogP contribution in [0.25, 0.3) is 11.3 Å². The summed E-state index contributed by atoms with van der Waals surface area (Å²) in [6.45, 7) is 3.69. The van der Waals surface area contributed by atoms with Crippen LogP contribution in [-0.4, -0.2) is 24.1 Å². The number of amides is 2. The molecular weight excluding hydrogens is 358 g/mol. The van der Waals surface area contributed by atoms with E-state index in [1.165, 1.54) is 0 Å². The van der Waals surface area contributed by atoms with Gasteiger partial charge in [0.2, 0.25) is 5.91 Å². The normalized spacial score (nSPS) is 14.3. The van der Waals surface area contributed by atoms with Crippen molar-refractivity contribution in [2.45, 2.75) is 19.3 Å². The Morgan fingerprint density at radius 3 is 2.79 bits per heavy atom. The first-order valence-corrected chi connectivity index (χ1v) is 8.77. The Bertz CT molecular complexity index is 1080. The molecule has 0 bridgehead atoms. The van der Waals surface area contributed by atoms with Crippen molar-refractivity contribution in [2.24, 2.45) is 0 Å². The number of aromatic nitrogens is 1. The van der Waals surface area contributed by atoms with Crippen LogP contribution in [0.2, 0.25) is 0 Å². The molecule has 1 aliphatic rings. The fourth-order valence-corrected chi connectivity index (χ4v) is 3.14. The lowest BCUT2D eigenvalue weighted by Gasteiger charge is -2.15. The van der Waals surface area contributed by atoms with E-state index < -0.39 is 11.3 Å². The van der Waals surface area contributed by atoms with Gasteiger partial charge in [-0.05, 0) is 49.7 Å². The second kappa shape index (κ2) is 6.53. The molecule has 4 rings (SSSR count). The maximum absolute atomic E-state index is 12.6. The van der Waals surface area contributed by atoms with Gasteiger partial charge in [-0.2, -0.15) is 0 Å². The molecule has 0 saturated carbocycles. The summed E-state index contributed by atoms with van der Waals surface area (Å²) in [4.78, 5) is 24.6. The number of anilines is 2. The molecule has 0 atom stereocenters. The molecule has 2 aromatic carbocycles. The molecule has 2 amide bonds. The van der Waals surface area contributed by atoms with Gasteiger partial charge >= 0.3 is 0 Å². The Morgan fingerprint density at radius 2 is 2.00 bits per heavy atom. The third-order valence-electron chi connectivity index (χ3n) is 4.86. The third kappa shape index (κ3) is 3.00. The number of methoxy groups -OCH3 is 1. The number of fused-ring (bicyclic) bond motifs is 1. The van der Waals surface area contributed by atoms with Crippen molar-refractivity contribution in [1.29, 1.82) is 0 Å². The van der Waals surface area contributed by atoms with Crippen LogP contribution in [0.5, 0.6) is 5.75 Å². The molecule has 1 aromatic heterocycles. The highest BCUT2D eigenvalue weighted by molar-refractivity contribution is 6.07. The zero-order chi connectivity index (χ0) is 19.9. The molecule has 142 valence electrons. The Kier molecular flexibility index (Phi) is 4.15. The fraction of sp³-hybridized carbons (Fsp3) is 0.190. The highest BCUT2D eigenvalue weighted by Gasteiger charge is 2.38. The summed E-state index contributed by atoms with van der Waals surface area (Å²) in [5, 5.41) is 9.51. The second-order valence-electron chi connectivity index (χ2n) is 7.10. The Balaban J connectivity index is 1.55. The minimum absolute atomic E-state index is 0.0644. The van der Waals surface area contributed by atoms with Crippen molar-refractivity contribution in [3.8, 4) is 17.1 Å². The summed E-state index contributed by atoms with van der Waals surface area (Å²) in [5.74, 6) is 0.691. The standard InChI is InChI=1S/C21H19N3O4/c1-21(2)15-10-13(7-8-16(15)23-20(21)26)22-19(25)17-11-18(28-24-17)12-5-4-6-14(9-12)27-3/h4-11H,1-3H3,(H,22,25)(H,23,26). The van der Waals surface area contributed by atoms with Crippen LogP contribution in [0, 0.1) is 0 Å². The number of carbonyl (C=O) groups excluding carboxylic acids is 2. The highest BCUT2D eigenvalue weighted by atomic mass is 16.5. The number of ether oxygens (including phenoxy) is 1. The largest absolute Gasteiger partial charge is 0.497 e. The van der Waals surface area contributed by atoms with Crippen molar-refractivity contribution in [3.63, 3.8) is 0 Å². The summed E-state index contributed by atoms with van der Waals surface area (Å²) >= 11 is 0. The predicted octanol–water partition coefficient (Wildman–Crippen LogP) is 3.83.